The van der Waals surface area contributed by atoms with Crippen LogP contribution in [0.2, 0.25) is 0 Å². The van der Waals surface area contributed by atoms with E-state index in [4.69, 9.17) is 17.2 Å². The minimum atomic E-state index is -0.676. The Hall–Kier alpha value is -2.57. The molecule has 0 aromatic rings. The summed E-state index contributed by atoms with van der Waals surface area (Å²) in [6.45, 7) is 0. The quantitative estimate of drug-likeness (QED) is 0.463. The van der Waals surface area contributed by atoms with Crippen LogP contribution in [0.3, 0.4) is 0 Å². The van der Waals surface area contributed by atoms with Crippen LogP contribution in [0.15, 0.2) is 36.8 Å². The van der Waals surface area contributed by atoms with Gasteiger partial charge in [0.15, 0.2) is 0 Å². The normalized spacial score (nSPS) is 11.2. The van der Waals surface area contributed by atoms with E-state index in [1.54, 1.807) is 0 Å². The Morgan fingerprint density at radius 3 is 1.12 bits per heavy atom. The Morgan fingerprint density at radius 1 is 0.688 bits per heavy atom. The average Bonchev–Trinajstić information content (AvgIpc) is 2.15. The fraction of sp³-hybridized carbons (Fsp3) is 0. The molecule has 0 aromatic heterocycles. The zero-order chi connectivity index (χ0) is 12.6. The van der Waals surface area contributed by atoms with Crippen molar-refractivity contribution in [3.8, 4) is 0 Å². The van der Waals surface area contributed by atoms with Gasteiger partial charge in [-0.1, -0.05) is 0 Å². The predicted octanol–water partition coefficient (Wildman–Crippen LogP) is -1.71. The third-order valence-electron chi connectivity index (χ3n) is 1.23. The van der Waals surface area contributed by atoms with E-state index in [0.717, 1.165) is 18.2 Å². The molecular formula is C9H12N4O3. The first-order chi connectivity index (χ1) is 7.41. The molecule has 0 rings (SSSR count). The molecule has 3 amide bonds. The zero-order valence-corrected chi connectivity index (χ0v) is 8.37. The molecule has 86 valence electrons. The van der Waals surface area contributed by atoms with Crippen molar-refractivity contribution in [3.63, 3.8) is 0 Å². The van der Waals surface area contributed by atoms with E-state index >= 15 is 0 Å². The largest absolute Gasteiger partial charge is 0.366 e. The first-order valence-corrected chi connectivity index (χ1v) is 4.12. The van der Waals surface area contributed by atoms with Crippen LogP contribution in [0.4, 0.5) is 0 Å². The monoisotopic (exact) mass is 224 g/mol. The molecule has 0 atom stereocenters. The lowest BCUT2D eigenvalue weighted by Crippen LogP contribution is -2.12. The maximum atomic E-state index is 10.5. The van der Waals surface area contributed by atoms with Crippen LogP contribution in [-0.4, -0.2) is 22.6 Å². The van der Waals surface area contributed by atoms with Crippen LogP contribution in [0, 0.1) is 0 Å². The molecule has 0 bridgehead atoms. The van der Waals surface area contributed by atoms with Gasteiger partial charge < -0.3 is 22.1 Å². The number of hydrogen-bond donors (Lipinski definition) is 3. The lowest BCUT2D eigenvalue weighted by Gasteiger charge is -2.07. The van der Waals surface area contributed by atoms with Crippen molar-refractivity contribution in [1.82, 2.24) is 4.90 Å². The summed E-state index contributed by atoms with van der Waals surface area (Å²) in [6, 6.07) is 0. The summed E-state index contributed by atoms with van der Waals surface area (Å²) in [5.41, 5.74) is 14.6. The summed E-state index contributed by atoms with van der Waals surface area (Å²) in [5.74, 6) is -2.03. The van der Waals surface area contributed by atoms with Crippen LogP contribution in [-0.2, 0) is 14.4 Å². The molecule has 6 N–H and O–H groups in total. The maximum absolute atomic E-state index is 10.5. The number of carbonyl (C=O) groups is 3. The van der Waals surface area contributed by atoms with Crippen molar-refractivity contribution < 1.29 is 14.4 Å². The second-order valence-electron chi connectivity index (χ2n) is 2.60. The van der Waals surface area contributed by atoms with Gasteiger partial charge in [-0.25, -0.2) is 0 Å². The fourth-order valence-electron chi connectivity index (χ4n) is 0.628. The molecule has 0 radical (unpaired) electrons. The van der Waals surface area contributed by atoms with Gasteiger partial charge in [0.25, 0.3) is 0 Å². The van der Waals surface area contributed by atoms with Crippen molar-refractivity contribution in [2.75, 3.05) is 0 Å². The number of carbonyl (C=O) groups excluding carboxylic acids is 3. The third-order valence-corrected chi connectivity index (χ3v) is 1.23. The summed E-state index contributed by atoms with van der Waals surface area (Å²) in [5, 5.41) is 0. The molecular weight excluding hydrogens is 212 g/mol. The van der Waals surface area contributed by atoms with Gasteiger partial charge in [-0.2, -0.15) is 0 Å². The van der Waals surface area contributed by atoms with Gasteiger partial charge in [-0.05, 0) is 0 Å². The van der Waals surface area contributed by atoms with E-state index < -0.39 is 17.7 Å². The van der Waals surface area contributed by atoms with Gasteiger partial charge in [0.1, 0.15) is 0 Å². The molecule has 0 aliphatic rings. The molecule has 7 heteroatoms. The second-order valence-corrected chi connectivity index (χ2v) is 2.60. The third kappa shape index (κ3) is 8.05. The summed E-state index contributed by atoms with van der Waals surface area (Å²) in [7, 11) is 0. The average molecular weight is 224 g/mol. The number of amides is 3. The van der Waals surface area contributed by atoms with Gasteiger partial charge in [-0.15, -0.1) is 0 Å². The lowest BCUT2D eigenvalue weighted by atomic mass is 10.5. The minimum Gasteiger partial charge on any atom is -0.366 e. The van der Waals surface area contributed by atoms with Crippen LogP contribution in [0.25, 0.3) is 0 Å². The first kappa shape index (κ1) is 13.4. The Labute approximate surface area is 91.9 Å². The topological polar surface area (TPSA) is 133 Å². The number of hydrogen-bond acceptors (Lipinski definition) is 4. The smallest absolute Gasteiger partial charge is 0.242 e. The van der Waals surface area contributed by atoms with Gasteiger partial charge >= 0.3 is 0 Å². The molecule has 0 saturated heterocycles. The number of primary amides is 3. The zero-order valence-electron chi connectivity index (χ0n) is 8.37. The second kappa shape index (κ2) is 6.82. The van der Waals surface area contributed by atoms with E-state index in [-0.39, 0.29) is 0 Å². The SMILES string of the molecule is NC(=O)C=CN(C=CC(N)=O)C=CC(N)=O. The predicted molar refractivity (Wildman–Crippen MR) is 56.8 cm³/mol. The number of rotatable bonds is 6. The van der Waals surface area contributed by atoms with E-state index in [1.165, 1.54) is 23.5 Å². The van der Waals surface area contributed by atoms with Crippen LogP contribution in [0.5, 0.6) is 0 Å². The Morgan fingerprint density at radius 2 is 0.938 bits per heavy atom. The van der Waals surface area contributed by atoms with Gasteiger partial charge in [-0.3, -0.25) is 14.4 Å². The van der Waals surface area contributed by atoms with Crippen LogP contribution >= 0.6 is 0 Å². The van der Waals surface area contributed by atoms with Gasteiger partial charge in [0.2, 0.25) is 17.7 Å². The molecule has 0 aliphatic carbocycles. The molecule has 0 spiro atoms. The highest BCUT2D eigenvalue weighted by atomic mass is 16.1. The summed E-state index contributed by atoms with van der Waals surface area (Å²) in [4.78, 5) is 32.6. The Bertz CT molecular complexity index is 314. The highest BCUT2D eigenvalue weighted by Gasteiger charge is 1.92. The molecule has 0 saturated carbocycles. The van der Waals surface area contributed by atoms with E-state index in [2.05, 4.69) is 0 Å². The Kier molecular flexibility index (Phi) is 5.73. The maximum Gasteiger partial charge on any atom is 0.242 e. The molecule has 0 aliphatic heterocycles. The highest BCUT2D eigenvalue weighted by molar-refractivity contribution is 5.87. The van der Waals surface area contributed by atoms with Crippen LogP contribution < -0.4 is 17.2 Å². The van der Waals surface area contributed by atoms with Crippen LogP contribution in [0.1, 0.15) is 0 Å². The van der Waals surface area contributed by atoms with E-state index in [0.29, 0.717) is 0 Å². The molecule has 0 unspecified atom stereocenters. The lowest BCUT2D eigenvalue weighted by molar-refractivity contribution is -0.114. The fourth-order valence-corrected chi connectivity index (χ4v) is 0.628. The van der Waals surface area contributed by atoms with Gasteiger partial charge in [0, 0.05) is 36.8 Å². The van der Waals surface area contributed by atoms with E-state index in [1.807, 2.05) is 0 Å². The van der Waals surface area contributed by atoms with Crippen molar-refractivity contribution in [3.05, 3.63) is 36.8 Å². The van der Waals surface area contributed by atoms with Crippen molar-refractivity contribution in [1.29, 1.82) is 0 Å². The summed E-state index contributed by atoms with van der Waals surface area (Å²) >= 11 is 0. The highest BCUT2D eigenvalue weighted by Crippen LogP contribution is 1.93. The standard InChI is InChI=1S/C9H12N4O3/c10-7(14)1-4-13(5-2-8(11)15)6-3-9(12)16/h1-6H,(H2,10,14)(H2,11,15)(H2,12,16). The van der Waals surface area contributed by atoms with Crippen molar-refractivity contribution in [2.24, 2.45) is 17.2 Å². The molecule has 0 heterocycles. The molecule has 0 fully saturated rings. The van der Waals surface area contributed by atoms with Gasteiger partial charge in [0.05, 0.1) is 0 Å². The molecule has 7 nitrogen and oxygen atoms in total. The molecule has 0 aromatic carbocycles. The number of nitrogens with two attached hydrogens (primary N) is 3. The van der Waals surface area contributed by atoms with E-state index in [9.17, 15) is 14.4 Å². The summed E-state index contributed by atoms with van der Waals surface area (Å²) < 4.78 is 0. The van der Waals surface area contributed by atoms with Crippen molar-refractivity contribution >= 4 is 17.7 Å². The Balaban J connectivity index is 4.69. The van der Waals surface area contributed by atoms with Crippen molar-refractivity contribution in [2.45, 2.75) is 0 Å². The minimum absolute atomic E-state index is 0.676. The first-order valence-electron chi connectivity index (χ1n) is 4.12. The number of nitrogens with zero attached hydrogens (tertiary/aromatic N) is 1. The molecule has 16 heavy (non-hydrogen) atoms. The summed E-state index contributed by atoms with van der Waals surface area (Å²) in [6.07, 6.45) is 6.83.